The highest BCUT2D eigenvalue weighted by molar-refractivity contribution is 9.10. The van der Waals surface area contributed by atoms with E-state index in [0.717, 1.165) is 16.9 Å². The minimum absolute atomic E-state index is 0.126. The highest BCUT2D eigenvalue weighted by Gasteiger charge is 2.18. The molecular weight excluding hydrogens is 395 g/mol. The van der Waals surface area contributed by atoms with E-state index in [1.807, 2.05) is 26.8 Å². The fraction of sp³-hybridized carbons (Fsp3) is 0.222. The van der Waals surface area contributed by atoms with Crippen LogP contribution in [0.3, 0.4) is 0 Å². The zero-order valence-corrected chi connectivity index (χ0v) is 15.7. The van der Waals surface area contributed by atoms with E-state index in [9.17, 15) is 9.18 Å². The topological polar surface area (TPSA) is 34.9 Å². The lowest BCUT2D eigenvalue weighted by Crippen LogP contribution is -2.21. The van der Waals surface area contributed by atoms with Crippen molar-refractivity contribution >= 4 is 38.4 Å². The van der Waals surface area contributed by atoms with Gasteiger partial charge < -0.3 is 0 Å². The second kappa shape index (κ2) is 6.30. The summed E-state index contributed by atoms with van der Waals surface area (Å²) in [6.45, 7) is 5.96. The van der Waals surface area contributed by atoms with Gasteiger partial charge in [-0.25, -0.2) is 4.39 Å². The van der Waals surface area contributed by atoms with E-state index >= 15 is 0 Å². The molecule has 6 heteroatoms. The highest BCUT2D eigenvalue weighted by atomic mass is 79.9. The lowest BCUT2D eigenvalue weighted by atomic mass is 10.0. The van der Waals surface area contributed by atoms with Gasteiger partial charge in [-0.05, 0) is 52.5 Å². The molecule has 124 valence electrons. The van der Waals surface area contributed by atoms with Crippen molar-refractivity contribution in [2.24, 2.45) is 0 Å². The smallest absolute Gasteiger partial charge is 0.257 e. The van der Waals surface area contributed by atoms with Gasteiger partial charge in [0.25, 0.3) is 5.56 Å². The second-order valence-electron chi connectivity index (χ2n) is 5.97. The molecule has 0 aliphatic heterocycles. The number of hydrogen-bond acceptors (Lipinski definition) is 2. The Hall–Kier alpha value is -1.72. The first-order valence-corrected chi connectivity index (χ1v) is 8.64. The summed E-state index contributed by atoms with van der Waals surface area (Å²) >= 11 is 9.37. The lowest BCUT2D eigenvalue weighted by molar-refractivity contribution is 0.623. The van der Waals surface area contributed by atoms with Crippen LogP contribution in [0.15, 0.2) is 39.7 Å². The zero-order chi connectivity index (χ0) is 17.6. The predicted molar refractivity (Wildman–Crippen MR) is 98.8 cm³/mol. The largest absolute Gasteiger partial charge is 0.275 e. The molecule has 3 rings (SSSR count). The Morgan fingerprint density at radius 3 is 2.67 bits per heavy atom. The summed E-state index contributed by atoms with van der Waals surface area (Å²) in [5, 5.41) is 0.709. The van der Waals surface area contributed by atoms with Crippen LogP contribution in [0.25, 0.3) is 16.6 Å². The van der Waals surface area contributed by atoms with Crippen LogP contribution in [0, 0.1) is 12.7 Å². The molecule has 0 atom stereocenters. The molecule has 0 radical (unpaired) electrons. The minimum atomic E-state index is -0.429. The standard InChI is InChI=1S/C18H15BrClFN2O/c1-9(2)17-18(10(3)4-5-22-17)23-15-7-12(19)14(21)6-11(15)13(20)8-16(23)24/h4-9H,1-3H3. The van der Waals surface area contributed by atoms with Crippen molar-refractivity contribution < 1.29 is 4.39 Å². The molecule has 0 saturated heterocycles. The third-order valence-electron chi connectivity index (χ3n) is 3.93. The maximum atomic E-state index is 13.9. The van der Waals surface area contributed by atoms with Crippen LogP contribution in [-0.4, -0.2) is 9.55 Å². The molecule has 3 aromatic rings. The normalized spacial score (nSPS) is 11.5. The van der Waals surface area contributed by atoms with Crippen molar-refractivity contribution in [1.82, 2.24) is 9.55 Å². The van der Waals surface area contributed by atoms with Gasteiger partial charge in [0.1, 0.15) is 5.82 Å². The Morgan fingerprint density at radius 1 is 1.29 bits per heavy atom. The molecular formula is C18H15BrClFN2O. The molecule has 0 unspecified atom stereocenters. The van der Waals surface area contributed by atoms with Gasteiger partial charge in [-0.2, -0.15) is 0 Å². The maximum absolute atomic E-state index is 13.9. The van der Waals surface area contributed by atoms with E-state index in [1.165, 1.54) is 12.1 Å². The monoisotopic (exact) mass is 408 g/mol. The fourth-order valence-electron chi connectivity index (χ4n) is 2.80. The molecule has 0 aliphatic rings. The van der Waals surface area contributed by atoms with Gasteiger partial charge in [0.2, 0.25) is 0 Å². The summed E-state index contributed by atoms with van der Waals surface area (Å²) in [6, 6.07) is 6.08. The Labute approximate surface area is 152 Å². The number of rotatable bonds is 2. The van der Waals surface area contributed by atoms with Crippen molar-refractivity contribution in [3.63, 3.8) is 0 Å². The van der Waals surface area contributed by atoms with Gasteiger partial charge in [-0.15, -0.1) is 0 Å². The number of nitrogens with zero attached hydrogens (tertiary/aromatic N) is 2. The first-order chi connectivity index (χ1) is 11.3. The molecule has 0 bridgehead atoms. The average molecular weight is 410 g/mol. The summed E-state index contributed by atoms with van der Waals surface area (Å²) in [4.78, 5) is 17.2. The third kappa shape index (κ3) is 2.76. The van der Waals surface area contributed by atoms with Crippen molar-refractivity contribution in [2.45, 2.75) is 26.7 Å². The van der Waals surface area contributed by atoms with Gasteiger partial charge in [-0.3, -0.25) is 14.3 Å². The first-order valence-electron chi connectivity index (χ1n) is 7.47. The van der Waals surface area contributed by atoms with Crippen LogP contribution >= 0.6 is 27.5 Å². The van der Waals surface area contributed by atoms with E-state index in [0.29, 0.717) is 10.9 Å². The number of aryl methyl sites for hydroxylation is 1. The van der Waals surface area contributed by atoms with Crippen LogP contribution in [0.4, 0.5) is 4.39 Å². The molecule has 24 heavy (non-hydrogen) atoms. The SMILES string of the molecule is Cc1ccnc(C(C)C)c1-n1c(=O)cc(Cl)c2cc(F)c(Br)cc21. The number of hydrogen-bond donors (Lipinski definition) is 0. The average Bonchev–Trinajstić information content (AvgIpc) is 2.50. The summed E-state index contributed by atoms with van der Waals surface area (Å²) in [5.41, 5.74) is 2.71. The summed E-state index contributed by atoms with van der Waals surface area (Å²) in [5.74, 6) is -0.303. The highest BCUT2D eigenvalue weighted by Crippen LogP contribution is 2.31. The maximum Gasteiger partial charge on any atom is 0.257 e. The molecule has 2 heterocycles. The van der Waals surface area contributed by atoms with Crippen LogP contribution in [0.5, 0.6) is 0 Å². The number of aromatic nitrogens is 2. The second-order valence-corrected chi connectivity index (χ2v) is 7.23. The van der Waals surface area contributed by atoms with Crippen molar-refractivity contribution in [3.8, 4) is 5.69 Å². The Bertz CT molecular complexity index is 1010. The molecule has 0 saturated carbocycles. The fourth-order valence-corrected chi connectivity index (χ4v) is 3.37. The Balaban J connectivity index is 2.53. The molecule has 0 spiro atoms. The summed E-state index contributed by atoms with van der Waals surface area (Å²) in [6.07, 6.45) is 1.73. The number of halogens is 3. The van der Waals surface area contributed by atoms with Crippen LogP contribution in [-0.2, 0) is 0 Å². The van der Waals surface area contributed by atoms with E-state index in [-0.39, 0.29) is 21.0 Å². The summed E-state index contributed by atoms with van der Waals surface area (Å²) < 4.78 is 15.8. The van der Waals surface area contributed by atoms with Crippen LogP contribution < -0.4 is 5.56 Å². The number of fused-ring (bicyclic) bond motifs is 1. The summed E-state index contributed by atoms with van der Waals surface area (Å²) in [7, 11) is 0. The molecule has 0 amide bonds. The lowest BCUT2D eigenvalue weighted by Gasteiger charge is -2.19. The minimum Gasteiger partial charge on any atom is -0.275 e. The molecule has 1 aromatic carbocycles. The van der Waals surface area contributed by atoms with Crippen molar-refractivity contribution in [2.75, 3.05) is 0 Å². The van der Waals surface area contributed by atoms with E-state index in [2.05, 4.69) is 20.9 Å². The van der Waals surface area contributed by atoms with E-state index in [4.69, 9.17) is 11.6 Å². The number of pyridine rings is 2. The third-order valence-corrected chi connectivity index (χ3v) is 4.85. The number of benzene rings is 1. The van der Waals surface area contributed by atoms with Crippen molar-refractivity contribution in [1.29, 1.82) is 0 Å². The van der Waals surface area contributed by atoms with Crippen molar-refractivity contribution in [3.05, 3.63) is 67.4 Å². The van der Waals surface area contributed by atoms with E-state index in [1.54, 1.807) is 16.8 Å². The zero-order valence-electron chi connectivity index (χ0n) is 13.4. The van der Waals surface area contributed by atoms with Gasteiger partial charge in [0, 0.05) is 17.6 Å². The Morgan fingerprint density at radius 2 is 2.00 bits per heavy atom. The molecule has 2 aromatic heterocycles. The van der Waals surface area contributed by atoms with E-state index < -0.39 is 5.82 Å². The van der Waals surface area contributed by atoms with Crippen LogP contribution in [0.2, 0.25) is 5.02 Å². The van der Waals surface area contributed by atoms with Gasteiger partial charge in [0.05, 0.1) is 26.4 Å². The van der Waals surface area contributed by atoms with Gasteiger partial charge in [-0.1, -0.05) is 25.4 Å². The first kappa shape index (κ1) is 17.1. The van der Waals surface area contributed by atoms with Gasteiger partial charge >= 0.3 is 0 Å². The van der Waals surface area contributed by atoms with Crippen LogP contribution in [0.1, 0.15) is 31.0 Å². The van der Waals surface area contributed by atoms with Gasteiger partial charge in [0.15, 0.2) is 0 Å². The molecule has 0 aliphatic carbocycles. The predicted octanol–water partition coefficient (Wildman–Crippen LogP) is 5.37. The molecule has 0 N–H and O–H groups in total. The quantitative estimate of drug-likeness (QED) is 0.570. The Kier molecular flexibility index (Phi) is 4.49. The molecule has 0 fully saturated rings. The molecule has 3 nitrogen and oxygen atoms in total.